The normalized spacial score (nSPS) is 12.3. The summed E-state index contributed by atoms with van der Waals surface area (Å²) in [5.74, 6) is 0. The maximum atomic E-state index is 6.38. The van der Waals surface area contributed by atoms with E-state index in [4.69, 9.17) is 8.83 Å². The van der Waals surface area contributed by atoms with Crippen molar-refractivity contribution in [3.63, 3.8) is 0 Å². The van der Waals surface area contributed by atoms with Crippen LogP contribution in [0.5, 0.6) is 0 Å². The third-order valence-corrected chi connectivity index (χ3v) is 9.94. The molecule has 0 N–H and O–H groups in total. The largest absolute Gasteiger partial charge is 0.456 e. The summed E-state index contributed by atoms with van der Waals surface area (Å²) in [5, 5.41) is 11.8. The number of hydrogen-bond acceptors (Lipinski definition) is 2. The van der Waals surface area contributed by atoms with Crippen LogP contribution in [0.4, 0.5) is 0 Å². The highest BCUT2D eigenvalue weighted by molar-refractivity contribution is 6.24. The molecule has 47 heavy (non-hydrogen) atoms. The average molecular weight is 600 g/mol. The van der Waals surface area contributed by atoms with Crippen LogP contribution in [0.25, 0.3) is 104 Å². The summed E-state index contributed by atoms with van der Waals surface area (Å²) >= 11 is 0. The number of hydrogen-bond donors (Lipinski definition) is 0. The van der Waals surface area contributed by atoms with Crippen molar-refractivity contribution in [2.45, 2.75) is 0 Å². The molecule has 0 radical (unpaired) electrons. The molecule has 0 saturated carbocycles. The van der Waals surface area contributed by atoms with Crippen LogP contribution in [0.15, 0.2) is 160 Å². The first kappa shape index (κ1) is 24.9. The molecule has 3 nitrogen and oxygen atoms in total. The van der Waals surface area contributed by atoms with Gasteiger partial charge in [0.1, 0.15) is 22.3 Å². The fourth-order valence-electron chi connectivity index (χ4n) is 7.82. The van der Waals surface area contributed by atoms with Crippen LogP contribution in [0, 0.1) is 0 Å². The molecule has 0 unspecified atom stereocenters. The van der Waals surface area contributed by atoms with Crippen LogP contribution in [-0.4, -0.2) is 4.57 Å². The molecule has 218 valence electrons. The smallest absolute Gasteiger partial charge is 0.136 e. The molecule has 11 rings (SSSR count). The van der Waals surface area contributed by atoms with E-state index in [1.54, 1.807) is 0 Å². The van der Waals surface area contributed by atoms with E-state index >= 15 is 0 Å². The molecule has 0 bridgehead atoms. The number of furan rings is 2. The van der Waals surface area contributed by atoms with Crippen molar-refractivity contribution < 1.29 is 8.83 Å². The Morgan fingerprint density at radius 3 is 1.79 bits per heavy atom. The molecule has 0 aliphatic heterocycles. The summed E-state index contributed by atoms with van der Waals surface area (Å²) in [4.78, 5) is 0. The molecule has 3 heteroatoms. The Balaban J connectivity index is 1.32. The monoisotopic (exact) mass is 599 g/mol. The van der Waals surface area contributed by atoms with Gasteiger partial charge in [-0.3, -0.25) is 0 Å². The molecule has 3 heterocycles. The minimum absolute atomic E-state index is 0.899. The fourth-order valence-corrected chi connectivity index (χ4v) is 7.82. The zero-order valence-electron chi connectivity index (χ0n) is 25.2. The van der Waals surface area contributed by atoms with Crippen molar-refractivity contribution in [1.29, 1.82) is 0 Å². The molecule has 0 amide bonds. The lowest BCUT2D eigenvalue weighted by atomic mass is 9.91. The highest BCUT2D eigenvalue weighted by Crippen LogP contribution is 2.44. The van der Waals surface area contributed by atoms with Crippen molar-refractivity contribution in [2.75, 3.05) is 0 Å². The van der Waals surface area contributed by atoms with Crippen LogP contribution < -0.4 is 0 Å². The predicted octanol–water partition coefficient (Wildman–Crippen LogP) is 12.6. The van der Waals surface area contributed by atoms with Crippen LogP contribution >= 0.6 is 0 Å². The van der Waals surface area contributed by atoms with Crippen molar-refractivity contribution >= 4 is 87.2 Å². The lowest BCUT2D eigenvalue weighted by Gasteiger charge is -2.14. The summed E-state index contributed by atoms with van der Waals surface area (Å²) in [6.45, 7) is 0. The van der Waals surface area contributed by atoms with Gasteiger partial charge in [-0.2, -0.15) is 0 Å². The van der Waals surface area contributed by atoms with E-state index in [1.807, 2.05) is 18.2 Å². The van der Waals surface area contributed by atoms with Gasteiger partial charge in [-0.25, -0.2) is 0 Å². The first-order chi connectivity index (χ1) is 23.3. The molecule has 3 aromatic heterocycles. The van der Waals surface area contributed by atoms with Gasteiger partial charge in [0, 0.05) is 38.0 Å². The topological polar surface area (TPSA) is 31.2 Å². The maximum absolute atomic E-state index is 6.38. The van der Waals surface area contributed by atoms with Gasteiger partial charge in [0.15, 0.2) is 0 Å². The van der Waals surface area contributed by atoms with Gasteiger partial charge in [-0.05, 0) is 105 Å². The van der Waals surface area contributed by atoms with Gasteiger partial charge in [0.2, 0.25) is 0 Å². The van der Waals surface area contributed by atoms with Crippen molar-refractivity contribution in [1.82, 2.24) is 4.57 Å². The first-order valence-corrected chi connectivity index (χ1v) is 16.0. The molecule has 11 aromatic rings. The number of nitrogens with zero attached hydrogens (tertiary/aromatic N) is 1. The van der Waals surface area contributed by atoms with Crippen molar-refractivity contribution in [3.8, 4) is 16.8 Å². The zero-order valence-corrected chi connectivity index (χ0v) is 25.2. The SMILES string of the molecule is c1ccc(-n2c3ccccc3c3cc4c(cc32)c(-c2ccc3oc5ccccc5c3c2)cc2cc3oc5ccccc5c3cc24)cc1. The summed E-state index contributed by atoms with van der Waals surface area (Å²) in [7, 11) is 0. The van der Waals surface area contributed by atoms with E-state index < -0.39 is 0 Å². The summed E-state index contributed by atoms with van der Waals surface area (Å²) in [6, 6.07) is 54.3. The molecule has 0 atom stereocenters. The Morgan fingerprint density at radius 2 is 0.979 bits per heavy atom. The number of benzene rings is 8. The first-order valence-electron chi connectivity index (χ1n) is 16.0. The van der Waals surface area contributed by atoms with Crippen LogP contribution in [0.2, 0.25) is 0 Å². The number of aromatic nitrogens is 1. The van der Waals surface area contributed by atoms with Gasteiger partial charge in [0.05, 0.1) is 11.0 Å². The van der Waals surface area contributed by atoms with Crippen LogP contribution in [0.3, 0.4) is 0 Å². The highest BCUT2D eigenvalue weighted by Gasteiger charge is 2.19. The van der Waals surface area contributed by atoms with E-state index in [0.717, 1.165) is 60.5 Å². The summed E-state index contributed by atoms with van der Waals surface area (Å²) < 4.78 is 15.0. The lowest BCUT2D eigenvalue weighted by molar-refractivity contribution is 0.669. The van der Waals surface area contributed by atoms with E-state index in [0.29, 0.717) is 0 Å². The van der Waals surface area contributed by atoms with Crippen molar-refractivity contribution in [3.05, 3.63) is 152 Å². The second kappa shape index (κ2) is 9.12. The molecule has 0 saturated heterocycles. The Hall–Kier alpha value is -6.32. The van der Waals surface area contributed by atoms with Gasteiger partial charge in [-0.1, -0.05) is 78.9 Å². The number of fused-ring (bicyclic) bond motifs is 12. The maximum Gasteiger partial charge on any atom is 0.136 e. The Morgan fingerprint density at radius 1 is 0.340 bits per heavy atom. The third kappa shape index (κ3) is 3.46. The molecule has 8 aromatic carbocycles. The van der Waals surface area contributed by atoms with E-state index in [1.165, 1.54) is 43.5 Å². The van der Waals surface area contributed by atoms with E-state index in [9.17, 15) is 0 Å². The average Bonchev–Trinajstić information content (AvgIpc) is 3.78. The molecule has 0 spiro atoms. The molecule has 0 aliphatic rings. The summed E-state index contributed by atoms with van der Waals surface area (Å²) in [6.07, 6.45) is 0. The zero-order chi connectivity index (χ0) is 30.6. The predicted molar refractivity (Wildman–Crippen MR) is 196 cm³/mol. The van der Waals surface area contributed by atoms with E-state index in [2.05, 4.69) is 138 Å². The van der Waals surface area contributed by atoms with Crippen LogP contribution in [0.1, 0.15) is 0 Å². The quantitative estimate of drug-likeness (QED) is 0.185. The molecular formula is C44H25NO2. The molecule has 0 aliphatic carbocycles. The Labute approximate surface area is 268 Å². The second-order valence-corrected chi connectivity index (χ2v) is 12.5. The second-order valence-electron chi connectivity index (χ2n) is 12.5. The van der Waals surface area contributed by atoms with E-state index in [-0.39, 0.29) is 0 Å². The molecular weight excluding hydrogens is 574 g/mol. The van der Waals surface area contributed by atoms with Gasteiger partial charge < -0.3 is 13.4 Å². The highest BCUT2D eigenvalue weighted by atomic mass is 16.3. The number of rotatable bonds is 2. The fraction of sp³-hybridized carbons (Fsp3) is 0. The number of para-hydroxylation sites is 4. The van der Waals surface area contributed by atoms with Gasteiger partial charge in [0.25, 0.3) is 0 Å². The van der Waals surface area contributed by atoms with Crippen molar-refractivity contribution in [2.24, 2.45) is 0 Å². The Bertz CT molecular complexity index is 3070. The minimum Gasteiger partial charge on any atom is -0.456 e. The van der Waals surface area contributed by atoms with Gasteiger partial charge >= 0.3 is 0 Å². The third-order valence-electron chi connectivity index (χ3n) is 9.94. The molecule has 0 fully saturated rings. The van der Waals surface area contributed by atoms with Gasteiger partial charge in [-0.15, -0.1) is 0 Å². The Kier molecular flexibility index (Phi) is 4.84. The summed E-state index contributed by atoms with van der Waals surface area (Å²) in [5.41, 5.74) is 9.50. The minimum atomic E-state index is 0.899. The lowest BCUT2D eigenvalue weighted by Crippen LogP contribution is -1.93. The standard InChI is InChI=1S/C44H25NO2/c1-2-10-28(11-3-1)45-39-15-7-4-12-29(39)36-24-34-33-23-38-31-14-6-9-17-42(31)47-44(38)22-27(33)21-32(35(34)25-40(36)45)26-18-19-43-37(20-26)30-13-5-8-16-41(30)46-43/h1-25H. The van der Waals surface area contributed by atoms with Crippen LogP contribution in [-0.2, 0) is 0 Å².